The number of hydrogen-bond donors (Lipinski definition) is 1. The number of aryl methyl sites for hydroxylation is 2. The van der Waals surface area contributed by atoms with Crippen molar-refractivity contribution >= 4 is 36.4 Å². The fourth-order valence-electron chi connectivity index (χ4n) is 3.18. The van der Waals surface area contributed by atoms with Gasteiger partial charge in [0, 0.05) is 44.0 Å². The van der Waals surface area contributed by atoms with E-state index in [0.29, 0.717) is 5.69 Å². The Hall–Kier alpha value is -1.75. The molecule has 1 aliphatic heterocycles. The van der Waals surface area contributed by atoms with Crippen molar-refractivity contribution in [3.63, 3.8) is 0 Å². The molecule has 6 heteroatoms. The Kier molecular flexibility index (Phi) is 8.41. The monoisotopic (exact) mass is 395 g/mol. The summed E-state index contributed by atoms with van der Waals surface area (Å²) in [6.45, 7) is 8.39. The first-order valence-corrected chi connectivity index (χ1v) is 8.47. The van der Waals surface area contributed by atoms with Crippen molar-refractivity contribution in [2.24, 2.45) is 0 Å². The summed E-state index contributed by atoms with van der Waals surface area (Å²) in [7, 11) is 0. The van der Waals surface area contributed by atoms with Crippen LogP contribution in [0.3, 0.4) is 0 Å². The predicted molar refractivity (Wildman–Crippen MR) is 112 cm³/mol. The maximum absolute atomic E-state index is 12.7. The zero-order valence-corrected chi connectivity index (χ0v) is 16.9. The molecule has 0 aliphatic carbocycles. The Bertz CT molecular complexity index is 744. The third-order valence-corrected chi connectivity index (χ3v) is 4.81. The minimum atomic E-state index is 0. The van der Waals surface area contributed by atoms with Gasteiger partial charge in [-0.2, -0.15) is 0 Å². The number of amides is 1. The number of carbonyl (C=O) groups is 1. The lowest BCUT2D eigenvalue weighted by Gasteiger charge is -2.35. The molecule has 0 unspecified atom stereocenters. The van der Waals surface area contributed by atoms with Gasteiger partial charge in [-0.15, -0.1) is 24.8 Å². The van der Waals surface area contributed by atoms with E-state index in [1.54, 1.807) is 6.07 Å². The molecule has 26 heavy (non-hydrogen) atoms. The van der Waals surface area contributed by atoms with Crippen LogP contribution < -0.4 is 5.73 Å². The quantitative estimate of drug-likeness (QED) is 0.806. The summed E-state index contributed by atoms with van der Waals surface area (Å²) in [6.07, 6.45) is 0. The number of benzene rings is 2. The van der Waals surface area contributed by atoms with Crippen LogP contribution in [-0.2, 0) is 6.54 Å². The van der Waals surface area contributed by atoms with Gasteiger partial charge in [0.25, 0.3) is 5.91 Å². The molecule has 3 rings (SSSR count). The van der Waals surface area contributed by atoms with Gasteiger partial charge in [-0.05, 0) is 42.7 Å². The van der Waals surface area contributed by atoms with Crippen LogP contribution >= 0.6 is 24.8 Å². The lowest BCUT2D eigenvalue weighted by atomic mass is 10.1. The van der Waals surface area contributed by atoms with E-state index in [1.165, 1.54) is 11.1 Å². The Morgan fingerprint density at radius 1 is 0.962 bits per heavy atom. The van der Waals surface area contributed by atoms with Crippen molar-refractivity contribution in [1.29, 1.82) is 0 Å². The molecule has 2 N–H and O–H groups in total. The number of nitrogen functional groups attached to an aromatic ring is 1. The molecule has 1 amide bonds. The van der Waals surface area contributed by atoms with Gasteiger partial charge in [-0.3, -0.25) is 9.69 Å². The third-order valence-electron chi connectivity index (χ3n) is 4.81. The molecule has 1 aliphatic rings. The molecule has 1 saturated heterocycles. The van der Waals surface area contributed by atoms with Gasteiger partial charge in [-0.25, -0.2) is 0 Å². The molecule has 0 atom stereocenters. The average Bonchev–Trinajstić information content (AvgIpc) is 2.59. The SMILES string of the molecule is Cc1ccccc1CN1CCN(C(=O)c2cc(N)ccc2C)CC1.Cl.Cl. The minimum Gasteiger partial charge on any atom is -0.399 e. The second-order valence-corrected chi connectivity index (χ2v) is 6.57. The summed E-state index contributed by atoms with van der Waals surface area (Å²) < 4.78 is 0. The predicted octanol–water partition coefficient (Wildman–Crippen LogP) is 3.69. The number of nitrogens with two attached hydrogens (primary N) is 1. The van der Waals surface area contributed by atoms with Crippen LogP contribution in [0.2, 0.25) is 0 Å². The number of hydrogen-bond acceptors (Lipinski definition) is 3. The van der Waals surface area contributed by atoms with Crippen LogP contribution in [0.15, 0.2) is 42.5 Å². The van der Waals surface area contributed by atoms with E-state index < -0.39 is 0 Å². The maximum Gasteiger partial charge on any atom is 0.254 e. The normalized spacial score (nSPS) is 14.3. The van der Waals surface area contributed by atoms with E-state index in [-0.39, 0.29) is 30.7 Å². The highest BCUT2D eigenvalue weighted by atomic mass is 35.5. The molecule has 0 aromatic heterocycles. The van der Waals surface area contributed by atoms with E-state index in [0.717, 1.165) is 43.9 Å². The van der Waals surface area contributed by atoms with Crippen LogP contribution in [0, 0.1) is 13.8 Å². The Balaban J connectivity index is 0.00000169. The van der Waals surface area contributed by atoms with Gasteiger partial charge in [0.15, 0.2) is 0 Å². The van der Waals surface area contributed by atoms with Crippen LogP contribution in [0.5, 0.6) is 0 Å². The van der Waals surface area contributed by atoms with E-state index >= 15 is 0 Å². The second-order valence-electron chi connectivity index (χ2n) is 6.57. The Morgan fingerprint density at radius 3 is 2.27 bits per heavy atom. The third kappa shape index (κ3) is 5.13. The summed E-state index contributed by atoms with van der Waals surface area (Å²) in [4.78, 5) is 17.1. The number of nitrogens with zero attached hydrogens (tertiary/aromatic N) is 2. The summed E-state index contributed by atoms with van der Waals surface area (Å²) in [5.41, 5.74) is 10.9. The van der Waals surface area contributed by atoms with Gasteiger partial charge in [0.1, 0.15) is 0 Å². The van der Waals surface area contributed by atoms with Crippen molar-refractivity contribution < 1.29 is 4.79 Å². The number of carbonyl (C=O) groups excluding carboxylic acids is 1. The van der Waals surface area contributed by atoms with E-state index in [4.69, 9.17) is 5.73 Å². The molecule has 0 spiro atoms. The number of piperazine rings is 1. The number of halogens is 2. The maximum atomic E-state index is 12.7. The summed E-state index contributed by atoms with van der Waals surface area (Å²) in [5, 5.41) is 0. The zero-order chi connectivity index (χ0) is 17.1. The van der Waals surface area contributed by atoms with Crippen molar-refractivity contribution in [2.75, 3.05) is 31.9 Å². The van der Waals surface area contributed by atoms with E-state index in [2.05, 4.69) is 36.1 Å². The Morgan fingerprint density at radius 2 is 1.62 bits per heavy atom. The topological polar surface area (TPSA) is 49.6 Å². The fraction of sp³-hybridized carbons (Fsp3) is 0.350. The molecule has 4 nitrogen and oxygen atoms in total. The summed E-state index contributed by atoms with van der Waals surface area (Å²) >= 11 is 0. The summed E-state index contributed by atoms with van der Waals surface area (Å²) in [5.74, 6) is 0.0929. The molecule has 2 aromatic rings. The lowest BCUT2D eigenvalue weighted by molar-refractivity contribution is 0.0627. The second kappa shape index (κ2) is 9.81. The van der Waals surface area contributed by atoms with Crippen LogP contribution in [0.1, 0.15) is 27.0 Å². The van der Waals surface area contributed by atoms with Gasteiger partial charge >= 0.3 is 0 Å². The Labute approximate surface area is 168 Å². The molecule has 0 radical (unpaired) electrons. The van der Waals surface area contributed by atoms with Gasteiger partial charge in [0.2, 0.25) is 0 Å². The lowest BCUT2D eigenvalue weighted by Crippen LogP contribution is -2.48. The average molecular weight is 396 g/mol. The van der Waals surface area contributed by atoms with Crippen LogP contribution in [0.4, 0.5) is 5.69 Å². The molecular formula is C20H27Cl2N3O. The first-order valence-electron chi connectivity index (χ1n) is 8.47. The highest BCUT2D eigenvalue weighted by molar-refractivity contribution is 5.96. The summed E-state index contributed by atoms with van der Waals surface area (Å²) in [6, 6.07) is 14.0. The molecular weight excluding hydrogens is 369 g/mol. The van der Waals surface area contributed by atoms with Crippen molar-refractivity contribution in [3.05, 3.63) is 64.7 Å². The van der Waals surface area contributed by atoms with Gasteiger partial charge in [-0.1, -0.05) is 30.3 Å². The highest BCUT2D eigenvalue weighted by Crippen LogP contribution is 2.17. The van der Waals surface area contributed by atoms with Crippen molar-refractivity contribution in [1.82, 2.24) is 9.80 Å². The molecule has 1 heterocycles. The first kappa shape index (κ1) is 22.3. The molecule has 0 saturated carbocycles. The number of anilines is 1. The van der Waals surface area contributed by atoms with Crippen LogP contribution in [0.25, 0.3) is 0 Å². The van der Waals surface area contributed by atoms with Gasteiger partial charge in [0.05, 0.1) is 0 Å². The zero-order valence-electron chi connectivity index (χ0n) is 15.3. The van der Waals surface area contributed by atoms with Crippen molar-refractivity contribution in [2.45, 2.75) is 20.4 Å². The van der Waals surface area contributed by atoms with Crippen molar-refractivity contribution in [3.8, 4) is 0 Å². The minimum absolute atomic E-state index is 0. The first-order chi connectivity index (χ1) is 11.5. The smallest absolute Gasteiger partial charge is 0.254 e. The molecule has 142 valence electrons. The van der Waals surface area contributed by atoms with Gasteiger partial charge < -0.3 is 10.6 Å². The number of rotatable bonds is 3. The standard InChI is InChI=1S/C20H25N3O.2ClH/c1-15-5-3-4-6-17(15)14-22-9-11-23(12-10-22)20(24)19-13-18(21)8-7-16(19)2;;/h3-8,13H,9-12,14,21H2,1-2H3;2*1H. The fourth-order valence-corrected chi connectivity index (χ4v) is 3.18. The van der Waals surface area contributed by atoms with Crippen LogP contribution in [-0.4, -0.2) is 41.9 Å². The molecule has 1 fully saturated rings. The molecule has 0 bridgehead atoms. The molecule has 2 aromatic carbocycles. The largest absolute Gasteiger partial charge is 0.399 e. The van der Waals surface area contributed by atoms with E-state index in [9.17, 15) is 4.79 Å². The highest BCUT2D eigenvalue weighted by Gasteiger charge is 2.23. The van der Waals surface area contributed by atoms with E-state index in [1.807, 2.05) is 24.0 Å².